The molecule has 1 unspecified atom stereocenters. The molecule has 0 aromatic rings. The number of likely N-dealkylation sites (tertiary alicyclic amines) is 1. The maximum Gasteiger partial charge on any atom is 0.191 e. The Bertz CT molecular complexity index is 345. The summed E-state index contributed by atoms with van der Waals surface area (Å²) in [5.41, 5.74) is -0.0232. The van der Waals surface area contributed by atoms with Gasteiger partial charge in [0.05, 0.1) is 5.60 Å². The first kappa shape index (κ1) is 17.5. The Morgan fingerprint density at radius 2 is 2.09 bits per heavy atom. The lowest BCUT2D eigenvalue weighted by Gasteiger charge is -2.31. The summed E-state index contributed by atoms with van der Waals surface area (Å²) in [5.74, 6) is 1.77. The van der Waals surface area contributed by atoms with Gasteiger partial charge in [-0.15, -0.1) is 0 Å². The van der Waals surface area contributed by atoms with Crippen molar-refractivity contribution in [3.8, 4) is 0 Å². The highest BCUT2D eigenvalue weighted by molar-refractivity contribution is 5.79. The van der Waals surface area contributed by atoms with Crippen molar-refractivity contribution in [3.63, 3.8) is 0 Å². The van der Waals surface area contributed by atoms with E-state index in [4.69, 9.17) is 4.74 Å². The van der Waals surface area contributed by atoms with Gasteiger partial charge in [0.15, 0.2) is 5.96 Å². The van der Waals surface area contributed by atoms with E-state index in [0.717, 1.165) is 38.0 Å². The quantitative estimate of drug-likeness (QED) is 0.580. The monoisotopic (exact) mass is 310 g/mol. The maximum absolute atomic E-state index is 5.81. The van der Waals surface area contributed by atoms with E-state index in [1.54, 1.807) is 0 Å². The van der Waals surface area contributed by atoms with Gasteiger partial charge >= 0.3 is 0 Å². The number of nitrogens with zero attached hydrogens (tertiary/aromatic N) is 2. The van der Waals surface area contributed by atoms with Gasteiger partial charge < -0.3 is 20.3 Å². The first-order valence-corrected chi connectivity index (χ1v) is 8.96. The number of guanidine groups is 1. The Kier molecular flexibility index (Phi) is 6.96. The second kappa shape index (κ2) is 8.73. The molecule has 2 rings (SSSR count). The Balaban J connectivity index is 1.60. The van der Waals surface area contributed by atoms with E-state index < -0.39 is 0 Å². The molecule has 0 aromatic carbocycles. The van der Waals surface area contributed by atoms with Gasteiger partial charge in [-0.25, -0.2) is 0 Å². The first-order valence-electron chi connectivity index (χ1n) is 8.96. The predicted molar refractivity (Wildman–Crippen MR) is 92.4 cm³/mol. The van der Waals surface area contributed by atoms with Crippen molar-refractivity contribution in [1.29, 1.82) is 0 Å². The molecule has 0 radical (unpaired) electrons. The third-order valence-corrected chi connectivity index (χ3v) is 5.15. The number of aliphatic imine (C=N–C) groups is 1. The molecule has 0 aromatic heterocycles. The molecule has 0 spiro atoms. The van der Waals surface area contributed by atoms with E-state index in [9.17, 15) is 0 Å². The zero-order valence-corrected chi connectivity index (χ0v) is 14.7. The summed E-state index contributed by atoms with van der Waals surface area (Å²) in [4.78, 5) is 6.87. The Morgan fingerprint density at radius 3 is 2.68 bits per heavy atom. The van der Waals surface area contributed by atoms with Gasteiger partial charge in [0.25, 0.3) is 0 Å². The van der Waals surface area contributed by atoms with Crippen LogP contribution in [-0.4, -0.2) is 62.8 Å². The van der Waals surface area contributed by atoms with Crippen molar-refractivity contribution in [2.24, 2.45) is 10.9 Å². The van der Waals surface area contributed by atoms with Crippen LogP contribution in [0.1, 0.15) is 46.0 Å². The van der Waals surface area contributed by atoms with Gasteiger partial charge in [-0.05, 0) is 64.6 Å². The molecule has 2 aliphatic rings. The standard InChI is InChI=1S/C17H34N4O/c1-4-21-11-7-15(8-12-21)6-10-19-16(18-3)20-14-17(2)9-5-13-22-17/h15H,4-14H2,1-3H3,(H2,18,19,20). The van der Waals surface area contributed by atoms with Gasteiger partial charge in [0, 0.05) is 26.7 Å². The van der Waals surface area contributed by atoms with Crippen LogP contribution in [0, 0.1) is 5.92 Å². The fraction of sp³-hybridized carbons (Fsp3) is 0.941. The largest absolute Gasteiger partial charge is 0.373 e. The van der Waals surface area contributed by atoms with Crippen molar-refractivity contribution in [1.82, 2.24) is 15.5 Å². The Hall–Kier alpha value is -0.810. The molecule has 5 nitrogen and oxygen atoms in total. The average Bonchev–Trinajstić information content (AvgIpc) is 2.98. The molecule has 1 atom stereocenters. The molecule has 2 fully saturated rings. The minimum absolute atomic E-state index is 0.0232. The van der Waals surface area contributed by atoms with Crippen molar-refractivity contribution in [2.45, 2.75) is 51.6 Å². The van der Waals surface area contributed by atoms with E-state index in [0.29, 0.717) is 0 Å². The van der Waals surface area contributed by atoms with E-state index in [1.807, 2.05) is 7.05 Å². The lowest BCUT2D eigenvalue weighted by atomic mass is 9.93. The smallest absolute Gasteiger partial charge is 0.191 e. The van der Waals surface area contributed by atoms with Gasteiger partial charge in [0.1, 0.15) is 0 Å². The van der Waals surface area contributed by atoms with E-state index >= 15 is 0 Å². The van der Waals surface area contributed by atoms with Crippen LogP contribution in [0.15, 0.2) is 4.99 Å². The highest BCUT2D eigenvalue weighted by Gasteiger charge is 2.29. The summed E-state index contributed by atoms with van der Waals surface area (Å²) in [7, 11) is 1.84. The van der Waals surface area contributed by atoms with Crippen LogP contribution in [0.2, 0.25) is 0 Å². The van der Waals surface area contributed by atoms with Crippen LogP contribution < -0.4 is 10.6 Å². The van der Waals surface area contributed by atoms with Crippen molar-refractivity contribution >= 4 is 5.96 Å². The maximum atomic E-state index is 5.81. The molecule has 128 valence electrons. The molecule has 0 aliphatic carbocycles. The molecule has 2 saturated heterocycles. The molecule has 22 heavy (non-hydrogen) atoms. The molecule has 0 saturated carbocycles. The summed E-state index contributed by atoms with van der Waals surface area (Å²) in [6.45, 7) is 10.9. The second-order valence-corrected chi connectivity index (χ2v) is 6.92. The van der Waals surface area contributed by atoms with Crippen molar-refractivity contribution < 1.29 is 4.74 Å². The van der Waals surface area contributed by atoms with Crippen LogP contribution in [-0.2, 0) is 4.74 Å². The summed E-state index contributed by atoms with van der Waals surface area (Å²) in [6, 6.07) is 0. The predicted octanol–water partition coefficient (Wildman–Crippen LogP) is 1.84. The minimum Gasteiger partial charge on any atom is -0.373 e. The fourth-order valence-corrected chi connectivity index (χ4v) is 3.45. The zero-order chi connectivity index (χ0) is 15.8. The summed E-state index contributed by atoms with van der Waals surface area (Å²) < 4.78 is 5.81. The van der Waals surface area contributed by atoms with Crippen LogP contribution in [0.5, 0.6) is 0 Å². The average molecular weight is 310 g/mol. The molecule has 2 N–H and O–H groups in total. The van der Waals surface area contributed by atoms with Gasteiger partial charge in [0.2, 0.25) is 0 Å². The summed E-state index contributed by atoms with van der Waals surface area (Å²) in [6.07, 6.45) is 6.22. The zero-order valence-electron chi connectivity index (χ0n) is 14.7. The molecule has 0 amide bonds. The van der Waals surface area contributed by atoms with Crippen LogP contribution in [0.4, 0.5) is 0 Å². The lowest BCUT2D eigenvalue weighted by Crippen LogP contribution is -2.46. The first-order chi connectivity index (χ1) is 10.6. The number of piperidine rings is 1. The van der Waals surface area contributed by atoms with Gasteiger partial charge in [-0.2, -0.15) is 0 Å². The number of hydrogen-bond donors (Lipinski definition) is 2. The normalized spacial score (nSPS) is 28.0. The van der Waals surface area contributed by atoms with Gasteiger partial charge in [-0.3, -0.25) is 4.99 Å². The van der Waals surface area contributed by atoms with Crippen LogP contribution >= 0.6 is 0 Å². The van der Waals surface area contributed by atoms with Gasteiger partial charge in [-0.1, -0.05) is 6.92 Å². The molecular formula is C17H34N4O. The summed E-state index contributed by atoms with van der Waals surface area (Å²) in [5, 5.41) is 6.86. The topological polar surface area (TPSA) is 48.9 Å². The third-order valence-electron chi connectivity index (χ3n) is 5.15. The fourth-order valence-electron chi connectivity index (χ4n) is 3.45. The Morgan fingerprint density at radius 1 is 1.32 bits per heavy atom. The summed E-state index contributed by atoms with van der Waals surface area (Å²) >= 11 is 0. The lowest BCUT2D eigenvalue weighted by molar-refractivity contribution is 0.0243. The van der Waals surface area contributed by atoms with E-state index in [1.165, 1.54) is 45.3 Å². The third kappa shape index (κ3) is 5.43. The SMILES string of the molecule is CCN1CCC(CCNC(=NC)NCC2(C)CCCO2)CC1. The second-order valence-electron chi connectivity index (χ2n) is 6.92. The molecule has 2 heterocycles. The molecule has 0 bridgehead atoms. The highest BCUT2D eigenvalue weighted by Crippen LogP contribution is 2.23. The van der Waals surface area contributed by atoms with Crippen LogP contribution in [0.3, 0.4) is 0 Å². The van der Waals surface area contributed by atoms with E-state index in [-0.39, 0.29) is 5.60 Å². The number of hydrogen-bond acceptors (Lipinski definition) is 3. The minimum atomic E-state index is -0.0232. The molecular weight excluding hydrogens is 276 g/mol. The van der Waals surface area contributed by atoms with Crippen molar-refractivity contribution in [3.05, 3.63) is 0 Å². The van der Waals surface area contributed by atoms with Crippen LogP contribution in [0.25, 0.3) is 0 Å². The number of nitrogens with one attached hydrogen (secondary N) is 2. The molecule has 5 heteroatoms. The molecule has 2 aliphatic heterocycles. The van der Waals surface area contributed by atoms with Crippen molar-refractivity contribution in [2.75, 3.05) is 46.4 Å². The van der Waals surface area contributed by atoms with E-state index in [2.05, 4.69) is 34.4 Å². The number of rotatable bonds is 6. The number of ether oxygens (including phenoxy) is 1. The highest BCUT2D eigenvalue weighted by atomic mass is 16.5. The Labute approximate surface area is 135 Å².